The maximum atomic E-state index is 11.7. The molecule has 102 valence electrons. The van der Waals surface area contributed by atoms with E-state index in [1.165, 1.54) is 13.2 Å². The van der Waals surface area contributed by atoms with Crippen molar-refractivity contribution in [3.63, 3.8) is 0 Å². The van der Waals surface area contributed by atoms with E-state index in [2.05, 4.69) is 0 Å². The van der Waals surface area contributed by atoms with Gasteiger partial charge in [-0.2, -0.15) is 11.8 Å². The molecule has 0 spiro atoms. The molecule has 0 amide bonds. The number of hydrogen-bond acceptors (Lipinski definition) is 5. The third-order valence-electron chi connectivity index (χ3n) is 2.81. The number of hydrogen-bond donors (Lipinski definition) is 1. The molecule has 2 rings (SSSR count). The Morgan fingerprint density at radius 3 is 2.79 bits per heavy atom. The van der Waals surface area contributed by atoms with Gasteiger partial charge in [-0.3, -0.25) is 4.79 Å². The van der Waals surface area contributed by atoms with Crippen LogP contribution in [0, 0.1) is 0 Å². The lowest BCUT2D eigenvalue weighted by Gasteiger charge is -2.17. The van der Waals surface area contributed by atoms with E-state index >= 15 is 0 Å². The number of benzene rings is 1. The molecular formula is C13H14O5S. The molecule has 5 nitrogen and oxygen atoms in total. The number of para-hydroxylation sites is 1. The second kappa shape index (κ2) is 5.97. The molecule has 1 aromatic rings. The van der Waals surface area contributed by atoms with Crippen molar-refractivity contribution in [1.29, 1.82) is 0 Å². The quantitative estimate of drug-likeness (QED) is 0.656. The van der Waals surface area contributed by atoms with E-state index in [1.807, 2.05) is 0 Å². The molecule has 1 fully saturated rings. The number of carbonyl (C=O) groups is 2. The average Bonchev–Trinajstić information content (AvgIpc) is 2.91. The maximum absolute atomic E-state index is 11.7. The Morgan fingerprint density at radius 1 is 1.42 bits per heavy atom. The van der Waals surface area contributed by atoms with Crippen LogP contribution in [0.1, 0.15) is 16.8 Å². The van der Waals surface area contributed by atoms with E-state index < -0.39 is 11.8 Å². The standard InChI is InChI=1S/C13H14O5S/c1-17-10-4-2-3-9(11(14)13(15)16)12(10)18-8-5-6-19-7-8/h2-4,8H,5-7H2,1H3,(H,15,16). The van der Waals surface area contributed by atoms with Crippen molar-refractivity contribution in [1.82, 2.24) is 0 Å². The van der Waals surface area contributed by atoms with Gasteiger partial charge < -0.3 is 14.6 Å². The van der Waals surface area contributed by atoms with E-state index in [0.717, 1.165) is 17.9 Å². The molecular weight excluding hydrogens is 268 g/mol. The summed E-state index contributed by atoms with van der Waals surface area (Å²) in [6.07, 6.45) is 0.866. The molecule has 0 aromatic heterocycles. The molecule has 1 aliphatic heterocycles. The van der Waals surface area contributed by atoms with Crippen molar-refractivity contribution in [3.8, 4) is 11.5 Å². The highest BCUT2D eigenvalue weighted by Crippen LogP contribution is 2.34. The average molecular weight is 282 g/mol. The third-order valence-corrected chi connectivity index (χ3v) is 3.94. The molecule has 0 aliphatic carbocycles. The van der Waals surface area contributed by atoms with Crippen molar-refractivity contribution in [2.24, 2.45) is 0 Å². The van der Waals surface area contributed by atoms with Gasteiger partial charge in [0.05, 0.1) is 12.7 Å². The van der Waals surface area contributed by atoms with Crippen LogP contribution in [0.5, 0.6) is 11.5 Å². The van der Waals surface area contributed by atoms with E-state index in [4.69, 9.17) is 14.6 Å². The number of carbonyl (C=O) groups excluding carboxylic acids is 1. The van der Waals surface area contributed by atoms with Crippen molar-refractivity contribution in [2.75, 3.05) is 18.6 Å². The molecule has 0 bridgehead atoms. The Labute approximate surface area is 114 Å². The second-order valence-corrected chi connectivity index (χ2v) is 5.22. The van der Waals surface area contributed by atoms with Crippen molar-refractivity contribution >= 4 is 23.5 Å². The van der Waals surface area contributed by atoms with E-state index in [0.29, 0.717) is 5.75 Å². The summed E-state index contributed by atoms with van der Waals surface area (Å²) in [6.45, 7) is 0. The summed E-state index contributed by atoms with van der Waals surface area (Å²) >= 11 is 1.77. The highest BCUT2D eigenvalue weighted by Gasteiger charge is 2.26. The minimum absolute atomic E-state index is 0.0124. The number of carboxylic acid groups (broad SMARTS) is 1. The fourth-order valence-corrected chi connectivity index (χ4v) is 2.96. The monoisotopic (exact) mass is 282 g/mol. The molecule has 0 saturated carbocycles. The zero-order valence-electron chi connectivity index (χ0n) is 10.4. The Kier molecular flexibility index (Phi) is 4.31. The van der Waals surface area contributed by atoms with Gasteiger partial charge in [0.15, 0.2) is 11.5 Å². The lowest BCUT2D eigenvalue weighted by Crippen LogP contribution is -2.20. The van der Waals surface area contributed by atoms with Gasteiger partial charge in [-0.05, 0) is 24.3 Å². The van der Waals surface area contributed by atoms with Crippen LogP contribution in [0.3, 0.4) is 0 Å². The number of methoxy groups -OCH3 is 1. The van der Waals surface area contributed by atoms with Crippen LogP contribution in [0.4, 0.5) is 0 Å². The fourth-order valence-electron chi connectivity index (χ4n) is 1.86. The lowest BCUT2D eigenvalue weighted by atomic mass is 10.1. The summed E-state index contributed by atoms with van der Waals surface area (Å²) in [7, 11) is 1.46. The van der Waals surface area contributed by atoms with Gasteiger partial charge in [0.25, 0.3) is 5.78 Å². The number of ether oxygens (including phenoxy) is 2. The van der Waals surface area contributed by atoms with Crippen LogP contribution < -0.4 is 9.47 Å². The molecule has 1 aliphatic rings. The minimum atomic E-state index is -1.50. The lowest BCUT2D eigenvalue weighted by molar-refractivity contribution is -0.131. The Bertz CT molecular complexity index is 494. The van der Waals surface area contributed by atoms with Crippen LogP contribution in [-0.2, 0) is 4.79 Å². The first-order valence-electron chi connectivity index (χ1n) is 5.82. The van der Waals surface area contributed by atoms with Gasteiger partial charge in [0.1, 0.15) is 6.10 Å². The fraction of sp³-hybridized carbons (Fsp3) is 0.385. The second-order valence-electron chi connectivity index (χ2n) is 4.07. The number of carboxylic acids is 1. The summed E-state index contributed by atoms with van der Waals surface area (Å²) in [5.74, 6) is -0.0480. The SMILES string of the molecule is COc1cccc(C(=O)C(=O)O)c1OC1CCSC1. The van der Waals surface area contributed by atoms with Crippen molar-refractivity contribution in [3.05, 3.63) is 23.8 Å². The summed E-state index contributed by atoms with van der Waals surface area (Å²) in [6, 6.07) is 4.66. The summed E-state index contributed by atoms with van der Waals surface area (Å²) in [5, 5.41) is 8.83. The van der Waals surface area contributed by atoms with Crippen LogP contribution in [0.25, 0.3) is 0 Å². The Balaban J connectivity index is 2.36. The Hall–Kier alpha value is -1.69. The molecule has 0 radical (unpaired) electrons. The van der Waals surface area contributed by atoms with Gasteiger partial charge >= 0.3 is 5.97 Å². The number of rotatable bonds is 5. The van der Waals surface area contributed by atoms with E-state index in [9.17, 15) is 9.59 Å². The number of Topliss-reactive ketones (excluding diaryl/α,β-unsaturated/α-hetero) is 1. The maximum Gasteiger partial charge on any atom is 0.377 e. The minimum Gasteiger partial charge on any atom is -0.493 e. The first-order valence-corrected chi connectivity index (χ1v) is 6.98. The van der Waals surface area contributed by atoms with Crippen LogP contribution in [0.2, 0.25) is 0 Å². The number of ketones is 1. The first kappa shape index (κ1) is 13.7. The predicted molar refractivity (Wildman–Crippen MR) is 71.3 cm³/mol. The number of aliphatic carboxylic acids is 1. The first-order chi connectivity index (χ1) is 9.13. The zero-order valence-corrected chi connectivity index (χ0v) is 11.2. The molecule has 1 saturated heterocycles. The van der Waals surface area contributed by atoms with E-state index in [-0.39, 0.29) is 17.4 Å². The normalized spacial score (nSPS) is 18.1. The van der Waals surface area contributed by atoms with Crippen molar-refractivity contribution in [2.45, 2.75) is 12.5 Å². The zero-order chi connectivity index (χ0) is 13.8. The highest BCUT2D eigenvalue weighted by atomic mass is 32.2. The van der Waals surface area contributed by atoms with Gasteiger partial charge in [-0.15, -0.1) is 0 Å². The van der Waals surface area contributed by atoms with Crippen LogP contribution in [0.15, 0.2) is 18.2 Å². The molecule has 1 atom stereocenters. The highest BCUT2D eigenvalue weighted by molar-refractivity contribution is 7.99. The molecule has 1 unspecified atom stereocenters. The molecule has 1 aromatic carbocycles. The number of thioether (sulfide) groups is 1. The summed E-state index contributed by atoms with van der Waals surface area (Å²) < 4.78 is 10.9. The summed E-state index contributed by atoms with van der Waals surface area (Å²) in [5.41, 5.74) is 0.0312. The van der Waals surface area contributed by atoms with Gasteiger partial charge in [0, 0.05) is 5.75 Å². The van der Waals surface area contributed by atoms with Crippen LogP contribution >= 0.6 is 11.8 Å². The molecule has 1 N–H and O–H groups in total. The molecule has 1 heterocycles. The molecule has 19 heavy (non-hydrogen) atoms. The van der Waals surface area contributed by atoms with Gasteiger partial charge in [0.2, 0.25) is 0 Å². The largest absolute Gasteiger partial charge is 0.493 e. The van der Waals surface area contributed by atoms with Crippen molar-refractivity contribution < 1.29 is 24.2 Å². The van der Waals surface area contributed by atoms with Gasteiger partial charge in [-0.25, -0.2) is 4.79 Å². The smallest absolute Gasteiger partial charge is 0.377 e. The van der Waals surface area contributed by atoms with E-state index in [1.54, 1.807) is 23.9 Å². The van der Waals surface area contributed by atoms with Crippen LogP contribution in [-0.4, -0.2) is 41.6 Å². The van der Waals surface area contributed by atoms with Gasteiger partial charge in [-0.1, -0.05) is 6.07 Å². The third kappa shape index (κ3) is 3.01. The molecule has 6 heteroatoms. The topological polar surface area (TPSA) is 72.8 Å². The summed E-state index contributed by atoms with van der Waals surface area (Å²) in [4.78, 5) is 22.5. The predicted octanol–water partition coefficient (Wildman–Crippen LogP) is 1.85. The Morgan fingerprint density at radius 2 is 2.21 bits per heavy atom.